The van der Waals surface area contributed by atoms with Crippen LogP contribution in [-0.2, 0) is 0 Å². The highest BCUT2D eigenvalue weighted by molar-refractivity contribution is 5.81. The average molecular weight is 186 g/mol. The Balaban J connectivity index is 2.25. The highest BCUT2D eigenvalue weighted by Gasteiger charge is 1.93. The van der Waals surface area contributed by atoms with Crippen LogP contribution in [0.1, 0.15) is 5.56 Å². The molecule has 0 radical (unpaired) electrons. The first kappa shape index (κ1) is 9.03. The maximum atomic E-state index is 3.20. The van der Waals surface area contributed by atoms with Gasteiger partial charge >= 0.3 is 0 Å². The van der Waals surface area contributed by atoms with E-state index in [1.165, 1.54) is 16.5 Å². The van der Waals surface area contributed by atoms with Crippen LogP contribution in [0.25, 0.3) is 17.0 Å². The van der Waals surface area contributed by atoms with Crippen molar-refractivity contribution in [2.24, 2.45) is 0 Å². The van der Waals surface area contributed by atoms with Crippen molar-refractivity contribution in [1.29, 1.82) is 0 Å². The summed E-state index contributed by atoms with van der Waals surface area (Å²) >= 11 is 0. The van der Waals surface area contributed by atoms with Gasteiger partial charge in [-0.05, 0) is 30.1 Å². The molecule has 0 amide bonds. The normalized spacial score (nSPS) is 11.5. The van der Waals surface area contributed by atoms with Gasteiger partial charge in [-0.15, -0.1) is 0 Å². The fourth-order valence-corrected chi connectivity index (χ4v) is 1.48. The molecular formula is C12H14N2. The number of rotatable bonds is 3. The van der Waals surface area contributed by atoms with E-state index >= 15 is 0 Å². The van der Waals surface area contributed by atoms with Crippen LogP contribution in [0.15, 0.2) is 36.5 Å². The van der Waals surface area contributed by atoms with E-state index < -0.39 is 0 Å². The molecular weight excluding hydrogens is 172 g/mol. The van der Waals surface area contributed by atoms with E-state index in [2.05, 4.69) is 46.7 Å². The van der Waals surface area contributed by atoms with E-state index in [0.717, 1.165) is 6.54 Å². The summed E-state index contributed by atoms with van der Waals surface area (Å²) in [5, 5.41) is 4.34. The zero-order chi connectivity index (χ0) is 9.80. The van der Waals surface area contributed by atoms with Crippen molar-refractivity contribution in [2.75, 3.05) is 13.6 Å². The average Bonchev–Trinajstić information content (AvgIpc) is 2.65. The van der Waals surface area contributed by atoms with E-state index in [9.17, 15) is 0 Å². The minimum atomic E-state index is 0.906. The molecule has 0 saturated heterocycles. The van der Waals surface area contributed by atoms with Gasteiger partial charge in [-0.25, -0.2) is 0 Å². The van der Waals surface area contributed by atoms with E-state index in [-0.39, 0.29) is 0 Å². The molecule has 0 spiro atoms. The number of benzene rings is 1. The first-order valence-electron chi connectivity index (χ1n) is 4.78. The van der Waals surface area contributed by atoms with Crippen molar-refractivity contribution in [1.82, 2.24) is 10.3 Å². The van der Waals surface area contributed by atoms with Gasteiger partial charge < -0.3 is 10.3 Å². The molecule has 1 heterocycles. The van der Waals surface area contributed by atoms with Crippen LogP contribution in [0.3, 0.4) is 0 Å². The van der Waals surface area contributed by atoms with Crippen molar-refractivity contribution >= 4 is 17.0 Å². The first-order chi connectivity index (χ1) is 6.90. The molecule has 1 aromatic carbocycles. The van der Waals surface area contributed by atoms with Crippen LogP contribution in [0, 0.1) is 0 Å². The SMILES string of the molecule is CNCC=Cc1ccc2cc[nH]c2c1. The van der Waals surface area contributed by atoms with Gasteiger partial charge in [0.15, 0.2) is 0 Å². The minimum absolute atomic E-state index is 0.906. The van der Waals surface area contributed by atoms with Gasteiger partial charge in [0.05, 0.1) is 0 Å². The lowest BCUT2D eigenvalue weighted by atomic mass is 10.1. The third-order valence-corrected chi connectivity index (χ3v) is 2.21. The Morgan fingerprint density at radius 1 is 1.36 bits per heavy atom. The number of likely N-dealkylation sites (N-methyl/N-ethyl adjacent to an activating group) is 1. The fraction of sp³-hybridized carbons (Fsp3) is 0.167. The lowest BCUT2D eigenvalue weighted by Crippen LogP contribution is -2.03. The molecule has 72 valence electrons. The van der Waals surface area contributed by atoms with Crippen molar-refractivity contribution in [2.45, 2.75) is 0 Å². The standard InChI is InChI=1S/C12H14N2/c1-13-7-2-3-10-4-5-11-6-8-14-12(11)9-10/h2-6,8-9,13-14H,7H2,1H3. The molecule has 0 unspecified atom stereocenters. The van der Waals surface area contributed by atoms with Crippen molar-refractivity contribution in [3.8, 4) is 0 Å². The summed E-state index contributed by atoms with van der Waals surface area (Å²) in [6.45, 7) is 0.906. The smallest absolute Gasteiger partial charge is 0.0459 e. The Morgan fingerprint density at radius 2 is 2.29 bits per heavy atom. The second-order valence-electron chi connectivity index (χ2n) is 3.28. The van der Waals surface area contributed by atoms with Crippen LogP contribution >= 0.6 is 0 Å². The molecule has 0 atom stereocenters. The zero-order valence-electron chi connectivity index (χ0n) is 8.25. The zero-order valence-corrected chi connectivity index (χ0v) is 8.25. The van der Waals surface area contributed by atoms with E-state index in [1.807, 2.05) is 13.2 Å². The fourth-order valence-electron chi connectivity index (χ4n) is 1.48. The number of hydrogen-bond donors (Lipinski definition) is 2. The molecule has 0 aliphatic heterocycles. The summed E-state index contributed by atoms with van der Waals surface area (Å²) in [4.78, 5) is 3.20. The molecule has 1 aromatic heterocycles. The summed E-state index contributed by atoms with van der Waals surface area (Å²) in [7, 11) is 1.94. The van der Waals surface area contributed by atoms with Crippen LogP contribution in [-0.4, -0.2) is 18.6 Å². The lowest BCUT2D eigenvalue weighted by molar-refractivity contribution is 0.922. The summed E-state index contributed by atoms with van der Waals surface area (Å²) < 4.78 is 0. The van der Waals surface area contributed by atoms with Gasteiger partial charge in [-0.1, -0.05) is 24.3 Å². The summed E-state index contributed by atoms with van der Waals surface area (Å²) in [6.07, 6.45) is 6.20. The molecule has 2 N–H and O–H groups in total. The molecule has 0 aliphatic rings. The maximum absolute atomic E-state index is 3.20. The quantitative estimate of drug-likeness (QED) is 0.757. The van der Waals surface area contributed by atoms with E-state index in [4.69, 9.17) is 0 Å². The lowest BCUT2D eigenvalue weighted by Gasteiger charge is -1.94. The predicted molar refractivity (Wildman–Crippen MR) is 61.3 cm³/mol. The largest absolute Gasteiger partial charge is 0.361 e. The highest BCUT2D eigenvalue weighted by atomic mass is 14.8. The Bertz CT molecular complexity index is 440. The number of aromatic nitrogens is 1. The third kappa shape index (κ3) is 1.86. The summed E-state index contributed by atoms with van der Waals surface area (Å²) in [6, 6.07) is 8.49. The van der Waals surface area contributed by atoms with E-state index in [0.29, 0.717) is 0 Å². The van der Waals surface area contributed by atoms with Crippen LogP contribution in [0.5, 0.6) is 0 Å². The third-order valence-electron chi connectivity index (χ3n) is 2.21. The molecule has 0 saturated carbocycles. The van der Waals surface area contributed by atoms with Gasteiger partial charge in [-0.3, -0.25) is 0 Å². The van der Waals surface area contributed by atoms with Gasteiger partial charge in [0.1, 0.15) is 0 Å². The Hall–Kier alpha value is -1.54. The van der Waals surface area contributed by atoms with Crippen molar-refractivity contribution < 1.29 is 0 Å². The highest BCUT2D eigenvalue weighted by Crippen LogP contribution is 2.14. The van der Waals surface area contributed by atoms with Gasteiger partial charge in [0, 0.05) is 18.3 Å². The number of H-pyrrole nitrogens is 1. The molecule has 2 aromatic rings. The summed E-state index contributed by atoms with van der Waals surface area (Å²) in [5.74, 6) is 0. The van der Waals surface area contributed by atoms with E-state index in [1.54, 1.807) is 0 Å². The maximum Gasteiger partial charge on any atom is 0.0459 e. The molecule has 0 bridgehead atoms. The first-order valence-corrected chi connectivity index (χ1v) is 4.78. The molecule has 2 rings (SSSR count). The molecule has 0 aliphatic carbocycles. The molecule has 2 heteroatoms. The topological polar surface area (TPSA) is 27.8 Å². The second kappa shape index (κ2) is 4.11. The minimum Gasteiger partial charge on any atom is -0.361 e. The number of nitrogens with one attached hydrogen (secondary N) is 2. The summed E-state index contributed by atoms with van der Waals surface area (Å²) in [5.41, 5.74) is 2.42. The van der Waals surface area contributed by atoms with Crippen LogP contribution in [0.4, 0.5) is 0 Å². The van der Waals surface area contributed by atoms with Crippen molar-refractivity contribution in [3.05, 3.63) is 42.1 Å². The molecule has 0 fully saturated rings. The second-order valence-corrected chi connectivity index (χ2v) is 3.28. The molecule has 14 heavy (non-hydrogen) atoms. The van der Waals surface area contributed by atoms with Gasteiger partial charge in [0.25, 0.3) is 0 Å². The monoisotopic (exact) mass is 186 g/mol. The van der Waals surface area contributed by atoms with Gasteiger partial charge in [0.2, 0.25) is 0 Å². The van der Waals surface area contributed by atoms with Crippen LogP contribution in [0.2, 0.25) is 0 Å². The van der Waals surface area contributed by atoms with Gasteiger partial charge in [-0.2, -0.15) is 0 Å². The molecule has 2 nitrogen and oxygen atoms in total. The van der Waals surface area contributed by atoms with Crippen LogP contribution < -0.4 is 5.32 Å². The number of aromatic amines is 1. The Labute approximate surface area is 83.6 Å². The Kier molecular flexibility index (Phi) is 2.65. The van der Waals surface area contributed by atoms with Crippen molar-refractivity contribution in [3.63, 3.8) is 0 Å². The number of fused-ring (bicyclic) bond motifs is 1. The Morgan fingerprint density at radius 3 is 3.14 bits per heavy atom. The predicted octanol–water partition coefficient (Wildman–Crippen LogP) is 2.40. The number of hydrogen-bond acceptors (Lipinski definition) is 1.